The summed E-state index contributed by atoms with van der Waals surface area (Å²) in [6.07, 6.45) is -3.36. The third-order valence-corrected chi connectivity index (χ3v) is 7.31. The van der Waals surface area contributed by atoms with Crippen LogP contribution in [0.5, 0.6) is 0 Å². The summed E-state index contributed by atoms with van der Waals surface area (Å²) in [7, 11) is 0. The Labute approximate surface area is 234 Å². The Hall–Kier alpha value is -2.72. The molecule has 0 amide bonds. The Kier molecular flexibility index (Phi) is 11.0. The highest BCUT2D eigenvalue weighted by atomic mass is 32.2. The monoisotopic (exact) mass is 552 g/mol. The zero-order chi connectivity index (χ0) is 27.5. The van der Waals surface area contributed by atoms with Crippen LogP contribution in [0.3, 0.4) is 0 Å². The zero-order valence-corrected chi connectivity index (χ0v) is 23.1. The van der Waals surface area contributed by atoms with Gasteiger partial charge in [0.25, 0.3) is 5.12 Å². The van der Waals surface area contributed by atoms with Crippen LogP contribution < -0.4 is 0 Å². The van der Waals surface area contributed by atoms with Crippen molar-refractivity contribution in [2.75, 3.05) is 12.4 Å². The average molecular weight is 553 g/mol. The van der Waals surface area contributed by atoms with E-state index in [0.29, 0.717) is 12.4 Å². The van der Waals surface area contributed by atoms with E-state index in [1.807, 2.05) is 97.9 Å². The average Bonchev–Trinajstić information content (AvgIpc) is 2.94. The van der Waals surface area contributed by atoms with Crippen molar-refractivity contribution >= 4 is 17.7 Å². The molecule has 1 aliphatic rings. The number of hydrogen-bond donors (Lipinski definition) is 1. The lowest BCUT2D eigenvalue weighted by Gasteiger charge is -2.49. The fourth-order valence-corrected chi connectivity index (χ4v) is 5.45. The molecule has 1 heterocycles. The molecule has 0 bridgehead atoms. The molecule has 1 saturated heterocycles. The normalized spacial score (nSPS) is 24.8. The number of ether oxygens (including phenoxy) is 5. The molecule has 3 aromatic rings. The number of aliphatic hydroxyl groups is 1. The number of carbonyl (C=O) groups is 1. The molecule has 8 heteroatoms. The maximum absolute atomic E-state index is 12.2. The van der Waals surface area contributed by atoms with Crippen LogP contribution >= 0.6 is 11.8 Å². The van der Waals surface area contributed by atoms with Gasteiger partial charge in [0.2, 0.25) is 0 Å². The highest BCUT2D eigenvalue weighted by Crippen LogP contribution is 2.41. The van der Waals surface area contributed by atoms with Crippen LogP contribution in [0.25, 0.3) is 0 Å². The Morgan fingerprint density at radius 3 is 1.79 bits per heavy atom. The lowest BCUT2D eigenvalue weighted by atomic mass is 9.97. The SMILES string of the molecule is CCS[C@]1(O)O[C@H](COCc2ccccc2)[C@@H](OCc2ccccc2)[C@H](OCc2ccccc2)[C@@H]1OC(C)=O. The minimum atomic E-state index is -1.85. The molecular weight excluding hydrogens is 516 g/mol. The Morgan fingerprint density at radius 1 is 0.821 bits per heavy atom. The summed E-state index contributed by atoms with van der Waals surface area (Å²) >= 11 is 1.15. The fourth-order valence-electron chi connectivity index (χ4n) is 4.50. The van der Waals surface area contributed by atoms with Crippen molar-refractivity contribution < 1.29 is 33.6 Å². The van der Waals surface area contributed by atoms with Gasteiger partial charge in [-0.2, -0.15) is 0 Å². The van der Waals surface area contributed by atoms with E-state index in [9.17, 15) is 9.90 Å². The van der Waals surface area contributed by atoms with Crippen molar-refractivity contribution in [3.63, 3.8) is 0 Å². The van der Waals surface area contributed by atoms with Gasteiger partial charge in [0.15, 0.2) is 6.10 Å². The molecule has 1 fully saturated rings. The fraction of sp³-hybridized carbons (Fsp3) is 0.387. The lowest BCUT2D eigenvalue weighted by molar-refractivity contribution is -0.325. The Balaban J connectivity index is 1.62. The molecule has 0 aromatic heterocycles. The van der Waals surface area contributed by atoms with E-state index in [0.717, 1.165) is 28.5 Å². The molecule has 7 nitrogen and oxygen atoms in total. The molecule has 39 heavy (non-hydrogen) atoms. The van der Waals surface area contributed by atoms with E-state index in [-0.39, 0.29) is 19.8 Å². The van der Waals surface area contributed by atoms with Gasteiger partial charge in [-0.3, -0.25) is 4.79 Å². The van der Waals surface area contributed by atoms with Crippen LogP contribution in [0, 0.1) is 0 Å². The standard InChI is InChI=1S/C31H36O7S/c1-3-39-31(33)30(37-23(2)32)29(36-21-26-17-11-6-12-18-26)28(35-20-25-15-9-5-10-16-25)27(38-31)22-34-19-24-13-7-4-8-14-24/h4-18,27-30,33H,3,19-22H2,1-2H3/t27-,28-,29+,30+,31-/m1/s1. The molecule has 208 valence electrons. The molecule has 1 N–H and O–H groups in total. The van der Waals surface area contributed by atoms with Gasteiger partial charge in [-0.05, 0) is 22.4 Å². The molecule has 5 atom stereocenters. The van der Waals surface area contributed by atoms with Crippen molar-refractivity contribution in [3.05, 3.63) is 108 Å². The maximum Gasteiger partial charge on any atom is 0.303 e. The van der Waals surface area contributed by atoms with Crippen molar-refractivity contribution in [2.45, 2.75) is 63.2 Å². The first-order valence-corrected chi connectivity index (χ1v) is 14.1. The van der Waals surface area contributed by atoms with Crippen LogP contribution in [0.4, 0.5) is 0 Å². The van der Waals surface area contributed by atoms with Gasteiger partial charge in [-0.15, -0.1) is 0 Å². The van der Waals surface area contributed by atoms with E-state index < -0.39 is 35.5 Å². The van der Waals surface area contributed by atoms with Crippen LogP contribution in [-0.2, 0) is 48.3 Å². The third-order valence-electron chi connectivity index (χ3n) is 6.28. The van der Waals surface area contributed by atoms with Crippen LogP contribution in [0.1, 0.15) is 30.5 Å². The summed E-state index contributed by atoms with van der Waals surface area (Å²) in [6, 6.07) is 29.3. The molecular formula is C31H36O7S. The van der Waals surface area contributed by atoms with Crippen molar-refractivity contribution in [2.24, 2.45) is 0 Å². The number of thioether (sulfide) groups is 1. The molecule has 4 rings (SSSR count). The van der Waals surface area contributed by atoms with Crippen LogP contribution in [0.2, 0.25) is 0 Å². The van der Waals surface area contributed by atoms with E-state index in [1.165, 1.54) is 6.92 Å². The van der Waals surface area contributed by atoms with E-state index in [2.05, 4.69) is 0 Å². The largest absolute Gasteiger partial charge is 0.453 e. The first-order chi connectivity index (χ1) is 19.0. The van der Waals surface area contributed by atoms with Gasteiger partial charge >= 0.3 is 5.97 Å². The number of rotatable bonds is 13. The molecule has 0 aliphatic carbocycles. The van der Waals surface area contributed by atoms with E-state index in [4.69, 9.17) is 23.7 Å². The summed E-state index contributed by atoms with van der Waals surface area (Å²) in [4.78, 5) is 12.2. The zero-order valence-electron chi connectivity index (χ0n) is 22.3. The number of esters is 1. The van der Waals surface area contributed by atoms with Crippen molar-refractivity contribution in [1.82, 2.24) is 0 Å². The molecule has 0 radical (unpaired) electrons. The summed E-state index contributed by atoms with van der Waals surface area (Å²) in [5.41, 5.74) is 2.93. The van der Waals surface area contributed by atoms with Crippen LogP contribution in [-0.4, -0.2) is 53.0 Å². The molecule has 3 aromatic carbocycles. The minimum absolute atomic E-state index is 0.138. The van der Waals surface area contributed by atoms with E-state index >= 15 is 0 Å². The predicted octanol–water partition coefficient (Wildman–Crippen LogP) is 5.10. The first-order valence-electron chi connectivity index (χ1n) is 13.1. The number of hydrogen-bond acceptors (Lipinski definition) is 8. The van der Waals surface area contributed by atoms with Gasteiger partial charge in [0.1, 0.15) is 18.3 Å². The van der Waals surface area contributed by atoms with Gasteiger partial charge in [-0.1, -0.05) is 110 Å². The summed E-state index contributed by atoms with van der Waals surface area (Å²) in [5.74, 6) is -0.0279. The minimum Gasteiger partial charge on any atom is -0.453 e. The number of carbonyl (C=O) groups excluding carboxylic acids is 1. The molecule has 1 aliphatic heterocycles. The molecule has 0 saturated carbocycles. The Bertz CT molecular complexity index is 1130. The molecule has 0 unspecified atom stereocenters. The lowest BCUT2D eigenvalue weighted by Crippen LogP contribution is -2.66. The second-order valence-corrected chi connectivity index (χ2v) is 10.7. The predicted molar refractivity (Wildman–Crippen MR) is 150 cm³/mol. The quantitative estimate of drug-likeness (QED) is 0.232. The second kappa shape index (κ2) is 14.6. The van der Waals surface area contributed by atoms with Crippen LogP contribution in [0.15, 0.2) is 91.0 Å². The van der Waals surface area contributed by atoms with Crippen molar-refractivity contribution in [3.8, 4) is 0 Å². The Morgan fingerprint density at radius 2 is 1.31 bits per heavy atom. The first kappa shape index (κ1) is 29.3. The maximum atomic E-state index is 12.2. The van der Waals surface area contributed by atoms with Gasteiger partial charge in [-0.25, -0.2) is 0 Å². The summed E-state index contributed by atoms with van der Waals surface area (Å²) in [5, 5.41) is 9.86. The second-order valence-electron chi connectivity index (χ2n) is 9.27. The molecule has 0 spiro atoms. The summed E-state index contributed by atoms with van der Waals surface area (Å²) < 4.78 is 30.8. The smallest absolute Gasteiger partial charge is 0.303 e. The van der Waals surface area contributed by atoms with Gasteiger partial charge in [0, 0.05) is 6.92 Å². The third kappa shape index (κ3) is 8.38. The van der Waals surface area contributed by atoms with E-state index in [1.54, 1.807) is 0 Å². The van der Waals surface area contributed by atoms with Gasteiger partial charge < -0.3 is 28.8 Å². The highest BCUT2D eigenvalue weighted by molar-refractivity contribution is 8.00. The topological polar surface area (TPSA) is 83.5 Å². The van der Waals surface area contributed by atoms with Crippen molar-refractivity contribution in [1.29, 1.82) is 0 Å². The number of benzene rings is 3. The summed E-state index contributed by atoms with van der Waals surface area (Å²) in [6.45, 7) is 4.23. The van der Waals surface area contributed by atoms with Gasteiger partial charge in [0.05, 0.1) is 26.4 Å². The highest BCUT2D eigenvalue weighted by Gasteiger charge is 2.57.